The number of likely N-dealkylation sites (N-methyl/N-ethyl adjacent to an activating group) is 1. The van der Waals surface area contributed by atoms with Gasteiger partial charge in [0.15, 0.2) is 0 Å². The zero-order chi connectivity index (χ0) is 14.5. The van der Waals surface area contributed by atoms with Gasteiger partial charge in [0.25, 0.3) is 0 Å². The van der Waals surface area contributed by atoms with Crippen molar-refractivity contribution in [2.45, 2.75) is 26.8 Å². The molecule has 1 aliphatic rings. The van der Waals surface area contributed by atoms with Crippen LogP contribution in [0.5, 0.6) is 0 Å². The lowest BCUT2D eigenvalue weighted by Gasteiger charge is -2.31. The van der Waals surface area contributed by atoms with E-state index in [1.165, 1.54) is 16.7 Å². The van der Waals surface area contributed by atoms with Crippen molar-refractivity contribution < 1.29 is 9.53 Å². The second-order valence-electron chi connectivity index (χ2n) is 5.42. The molecule has 1 saturated heterocycles. The Morgan fingerprint density at radius 3 is 2.60 bits per heavy atom. The fraction of sp³-hybridized carbons (Fsp3) is 0.562. The lowest BCUT2D eigenvalue weighted by molar-refractivity contribution is -0.143. The van der Waals surface area contributed by atoms with Crippen molar-refractivity contribution in [3.8, 4) is 0 Å². The molecular formula is C16H24N2O2. The molecule has 0 radical (unpaired) electrons. The molecule has 1 atom stereocenters. The van der Waals surface area contributed by atoms with Crippen LogP contribution in [0, 0.1) is 13.8 Å². The molecule has 1 aromatic rings. The average Bonchev–Trinajstić information content (AvgIpc) is 2.39. The van der Waals surface area contributed by atoms with Gasteiger partial charge in [-0.15, -0.1) is 0 Å². The van der Waals surface area contributed by atoms with Gasteiger partial charge in [-0.1, -0.05) is 36.2 Å². The number of ether oxygens (including phenoxy) is 1. The van der Waals surface area contributed by atoms with Gasteiger partial charge < -0.3 is 15.0 Å². The van der Waals surface area contributed by atoms with E-state index in [2.05, 4.69) is 44.3 Å². The van der Waals surface area contributed by atoms with Crippen LogP contribution >= 0.6 is 0 Å². The molecule has 1 amide bonds. The minimum atomic E-state index is 0.0866. The number of hydrogen-bond donors (Lipinski definition) is 1. The number of hydrogen-bond acceptors (Lipinski definition) is 3. The normalized spacial score (nSPS) is 17.4. The Bertz CT molecular complexity index is 453. The highest BCUT2D eigenvalue weighted by molar-refractivity contribution is 5.78. The molecule has 1 heterocycles. The average molecular weight is 276 g/mol. The smallest absolute Gasteiger partial charge is 0.248 e. The second-order valence-corrected chi connectivity index (χ2v) is 5.42. The van der Waals surface area contributed by atoms with Crippen LogP contribution in [0.25, 0.3) is 0 Å². The van der Waals surface area contributed by atoms with E-state index < -0.39 is 0 Å². The third-order valence-electron chi connectivity index (χ3n) is 3.58. The Balaban J connectivity index is 2.15. The van der Waals surface area contributed by atoms with E-state index in [9.17, 15) is 4.79 Å². The molecule has 20 heavy (non-hydrogen) atoms. The van der Waals surface area contributed by atoms with Gasteiger partial charge in [-0.3, -0.25) is 4.79 Å². The largest absolute Gasteiger partial charge is 0.370 e. The maximum absolute atomic E-state index is 11.9. The number of carbonyl (C=O) groups excluding carboxylic acids is 1. The zero-order valence-electron chi connectivity index (χ0n) is 12.6. The van der Waals surface area contributed by atoms with E-state index in [0.717, 1.165) is 6.54 Å². The van der Waals surface area contributed by atoms with Gasteiger partial charge in [0.05, 0.1) is 6.61 Å². The molecule has 1 fully saturated rings. The number of amides is 1. The molecule has 4 heteroatoms. The number of rotatable bonds is 5. The number of morpholine rings is 1. The van der Waals surface area contributed by atoms with Gasteiger partial charge in [0.1, 0.15) is 6.61 Å². The van der Waals surface area contributed by atoms with Gasteiger partial charge in [-0.25, -0.2) is 0 Å². The Kier molecular flexibility index (Phi) is 5.15. The van der Waals surface area contributed by atoms with Gasteiger partial charge in [-0.05, 0) is 26.0 Å². The van der Waals surface area contributed by atoms with Crippen LogP contribution in [0.1, 0.15) is 29.7 Å². The first kappa shape index (κ1) is 15.0. The third kappa shape index (κ3) is 3.81. The highest BCUT2D eigenvalue weighted by Gasteiger charge is 2.22. The van der Waals surface area contributed by atoms with Crippen LogP contribution in [0.2, 0.25) is 0 Å². The molecule has 2 rings (SSSR count). The molecule has 0 aliphatic carbocycles. The molecule has 110 valence electrons. The van der Waals surface area contributed by atoms with Gasteiger partial charge in [0.2, 0.25) is 5.91 Å². The summed E-state index contributed by atoms with van der Waals surface area (Å²) in [5.74, 6) is 0.0866. The Labute approximate surface area is 121 Å². The molecule has 4 nitrogen and oxygen atoms in total. The molecule has 1 aromatic carbocycles. The van der Waals surface area contributed by atoms with Crippen LogP contribution in [-0.2, 0) is 9.53 Å². The van der Waals surface area contributed by atoms with E-state index in [-0.39, 0.29) is 18.6 Å². The second kappa shape index (κ2) is 6.86. The van der Waals surface area contributed by atoms with E-state index in [1.807, 2.05) is 4.90 Å². The number of benzene rings is 1. The monoisotopic (exact) mass is 276 g/mol. The Morgan fingerprint density at radius 2 is 2.00 bits per heavy atom. The lowest BCUT2D eigenvalue weighted by Crippen LogP contribution is -2.45. The molecule has 1 N–H and O–H groups in total. The van der Waals surface area contributed by atoms with Gasteiger partial charge in [-0.2, -0.15) is 0 Å². The molecular weight excluding hydrogens is 252 g/mol. The van der Waals surface area contributed by atoms with Crippen LogP contribution < -0.4 is 5.32 Å². The van der Waals surface area contributed by atoms with Gasteiger partial charge in [0, 0.05) is 19.1 Å². The summed E-state index contributed by atoms with van der Waals surface area (Å²) in [6, 6.07) is 6.75. The molecule has 1 unspecified atom stereocenters. The van der Waals surface area contributed by atoms with Crippen molar-refractivity contribution in [2.24, 2.45) is 0 Å². The summed E-state index contributed by atoms with van der Waals surface area (Å²) in [6.45, 7) is 9.44. The third-order valence-corrected chi connectivity index (χ3v) is 3.58. The number of aryl methyl sites for hydroxylation is 2. The van der Waals surface area contributed by atoms with Crippen molar-refractivity contribution >= 4 is 5.91 Å². The van der Waals surface area contributed by atoms with E-state index >= 15 is 0 Å². The summed E-state index contributed by atoms with van der Waals surface area (Å²) in [7, 11) is 0. The summed E-state index contributed by atoms with van der Waals surface area (Å²) in [6.07, 6.45) is 0. The SMILES string of the molecule is CCNC(CN1CCOCC1=O)c1cc(C)cc(C)c1. The Morgan fingerprint density at radius 1 is 1.30 bits per heavy atom. The van der Waals surface area contributed by atoms with Crippen LogP contribution in [0.3, 0.4) is 0 Å². The quantitative estimate of drug-likeness (QED) is 0.892. The van der Waals surface area contributed by atoms with Crippen molar-refractivity contribution in [2.75, 3.05) is 32.8 Å². The van der Waals surface area contributed by atoms with Crippen molar-refractivity contribution in [1.29, 1.82) is 0 Å². The summed E-state index contributed by atoms with van der Waals surface area (Å²) in [5, 5.41) is 3.49. The standard InChI is InChI=1S/C16H24N2O2/c1-4-17-15(10-18-5-6-20-11-16(18)19)14-8-12(2)7-13(3)9-14/h7-9,15,17H,4-6,10-11H2,1-3H3. The number of nitrogens with zero attached hydrogens (tertiary/aromatic N) is 1. The summed E-state index contributed by atoms with van der Waals surface area (Å²) in [5.41, 5.74) is 3.77. The Hall–Kier alpha value is -1.39. The van der Waals surface area contributed by atoms with E-state index in [0.29, 0.717) is 19.7 Å². The lowest BCUT2D eigenvalue weighted by atomic mass is 10.0. The molecule has 0 bridgehead atoms. The summed E-state index contributed by atoms with van der Waals surface area (Å²) >= 11 is 0. The first-order valence-corrected chi connectivity index (χ1v) is 7.27. The maximum atomic E-state index is 11.9. The van der Waals surface area contributed by atoms with Crippen LogP contribution in [0.4, 0.5) is 0 Å². The molecule has 0 spiro atoms. The highest BCUT2D eigenvalue weighted by atomic mass is 16.5. The van der Waals surface area contributed by atoms with Crippen LogP contribution in [-0.4, -0.2) is 43.7 Å². The van der Waals surface area contributed by atoms with Gasteiger partial charge >= 0.3 is 0 Å². The zero-order valence-corrected chi connectivity index (χ0v) is 12.6. The fourth-order valence-corrected chi connectivity index (χ4v) is 2.71. The predicted molar refractivity (Wildman–Crippen MR) is 79.7 cm³/mol. The van der Waals surface area contributed by atoms with E-state index in [4.69, 9.17) is 4.74 Å². The predicted octanol–water partition coefficient (Wildman–Crippen LogP) is 1.81. The first-order valence-electron chi connectivity index (χ1n) is 7.27. The van der Waals surface area contributed by atoms with Crippen LogP contribution in [0.15, 0.2) is 18.2 Å². The topological polar surface area (TPSA) is 41.6 Å². The molecule has 0 aromatic heterocycles. The summed E-state index contributed by atoms with van der Waals surface area (Å²) < 4.78 is 5.19. The first-order chi connectivity index (χ1) is 9.60. The van der Waals surface area contributed by atoms with Crippen molar-refractivity contribution in [1.82, 2.24) is 10.2 Å². The minimum Gasteiger partial charge on any atom is -0.370 e. The maximum Gasteiger partial charge on any atom is 0.248 e. The summed E-state index contributed by atoms with van der Waals surface area (Å²) in [4.78, 5) is 13.8. The number of nitrogens with one attached hydrogen (secondary N) is 1. The van der Waals surface area contributed by atoms with E-state index in [1.54, 1.807) is 0 Å². The highest BCUT2D eigenvalue weighted by Crippen LogP contribution is 2.19. The molecule has 1 aliphatic heterocycles. The fourth-order valence-electron chi connectivity index (χ4n) is 2.71. The number of carbonyl (C=O) groups is 1. The molecule has 0 saturated carbocycles. The van der Waals surface area contributed by atoms with Crippen molar-refractivity contribution in [3.63, 3.8) is 0 Å². The van der Waals surface area contributed by atoms with Crippen molar-refractivity contribution in [3.05, 3.63) is 34.9 Å². The minimum absolute atomic E-state index is 0.0866.